The van der Waals surface area contributed by atoms with E-state index in [0.29, 0.717) is 10.6 Å². The average molecular weight is 318 g/mol. The molecule has 1 N–H and O–H groups in total. The number of amides is 1. The zero-order chi connectivity index (χ0) is 15.9. The van der Waals surface area contributed by atoms with Gasteiger partial charge in [-0.05, 0) is 18.2 Å². The normalized spacial score (nSPS) is 11.0. The summed E-state index contributed by atoms with van der Waals surface area (Å²) in [5.74, 6) is -0.117. The standard InChI is InChI=1S/C13H13F3N2O2S/c1-20-8-12(19)18-10-7-9(13(14,15)16)3-4-11(10)21-6-2-5-17/h3-4,7H,2,6,8H2,1H3,(H,18,19). The number of benzene rings is 1. The smallest absolute Gasteiger partial charge is 0.375 e. The predicted molar refractivity (Wildman–Crippen MR) is 72.9 cm³/mol. The van der Waals surface area contributed by atoms with Crippen LogP contribution in [-0.4, -0.2) is 25.4 Å². The number of ether oxygens (including phenoxy) is 1. The fourth-order valence-electron chi connectivity index (χ4n) is 1.45. The van der Waals surface area contributed by atoms with Gasteiger partial charge in [-0.1, -0.05) is 0 Å². The first-order valence-corrected chi connectivity index (χ1v) is 6.87. The van der Waals surface area contributed by atoms with Crippen LogP contribution in [0.5, 0.6) is 0 Å². The minimum absolute atomic E-state index is 0.0646. The Hall–Kier alpha value is -1.72. The summed E-state index contributed by atoms with van der Waals surface area (Å²) < 4.78 is 42.7. The molecule has 4 nitrogen and oxygen atoms in total. The Morgan fingerprint density at radius 2 is 2.19 bits per heavy atom. The Kier molecular flexibility index (Phi) is 6.52. The number of hydrogen-bond donors (Lipinski definition) is 1. The van der Waals surface area contributed by atoms with Gasteiger partial charge < -0.3 is 10.1 Å². The van der Waals surface area contributed by atoms with Gasteiger partial charge in [0.25, 0.3) is 0 Å². The van der Waals surface area contributed by atoms with Crippen molar-refractivity contribution in [3.8, 4) is 6.07 Å². The maximum absolute atomic E-state index is 12.7. The molecule has 0 aliphatic carbocycles. The zero-order valence-electron chi connectivity index (χ0n) is 11.2. The van der Waals surface area contributed by atoms with Crippen molar-refractivity contribution in [1.29, 1.82) is 5.26 Å². The molecule has 0 aromatic heterocycles. The molecule has 0 radical (unpaired) electrons. The fourth-order valence-corrected chi connectivity index (χ4v) is 2.30. The van der Waals surface area contributed by atoms with Gasteiger partial charge >= 0.3 is 6.18 Å². The van der Waals surface area contributed by atoms with Crippen molar-refractivity contribution in [3.63, 3.8) is 0 Å². The monoisotopic (exact) mass is 318 g/mol. The summed E-state index contributed by atoms with van der Waals surface area (Å²) in [6.45, 7) is -0.251. The van der Waals surface area contributed by atoms with E-state index in [4.69, 9.17) is 5.26 Å². The van der Waals surface area contributed by atoms with E-state index in [1.54, 1.807) is 0 Å². The lowest BCUT2D eigenvalue weighted by atomic mass is 10.2. The summed E-state index contributed by atoms with van der Waals surface area (Å²) in [6, 6.07) is 5.05. The van der Waals surface area contributed by atoms with E-state index in [9.17, 15) is 18.0 Å². The van der Waals surface area contributed by atoms with Gasteiger partial charge in [-0.25, -0.2) is 0 Å². The summed E-state index contributed by atoms with van der Waals surface area (Å²) in [7, 11) is 1.31. The van der Waals surface area contributed by atoms with Crippen LogP contribution >= 0.6 is 11.8 Å². The number of carbonyl (C=O) groups excluding carboxylic acids is 1. The molecule has 21 heavy (non-hydrogen) atoms. The second-order valence-corrected chi connectivity index (χ2v) is 5.08. The molecule has 0 unspecified atom stereocenters. The van der Waals surface area contributed by atoms with Gasteiger partial charge in [-0.2, -0.15) is 18.4 Å². The molecule has 0 fully saturated rings. The molecular formula is C13H13F3N2O2S. The van der Waals surface area contributed by atoms with Gasteiger partial charge in [0.2, 0.25) is 5.91 Å². The van der Waals surface area contributed by atoms with Crippen molar-refractivity contribution in [1.82, 2.24) is 0 Å². The Morgan fingerprint density at radius 1 is 1.48 bits per heavy atom. The molecule has 0 saturated carbocycles. The third-order valence-corrected chi connectivity index (χ3v) is 3.40. The second kappa shape index (κ2) is 7.90. The highest BCUT2D eigenvalue weighted by Crippen LogP contribution is 2.35. The van der Waals surface area contributed by atoms with Gasteiger partial charge in [0, 0.05) is 24.2 Å². The molecule has 0 atom stereocenters. The van der Waals surface area contributed by atoms with Crippen LogP contribution < -0.4 is 5.32 Å². The number of methoxy groups -OCH3 is 1. The topological polar surface area (TPSA) is 62.1 Å². The number of nitrogens with one attached hydrogen (secondary N) is 1. The molecule has 0 spiro atoms. The van der Waals surface area contributed by atoms with Crippen LogP contribution in [0.25, 0.3) is 0 Å². The molecule has 0 aliphatic heterocycles. The minimum atomic E-state index is -4.49. The van der Waals surface area contributed by atoms with E-state index in [-0.39, 0.29) is 18.7 Å². The molecule has 0 bridgehead atoms. The van der Waals surface area contributed by atoms with E-state index < -0.39 is 17.6 Å². The van der Waals surface area contributed by atoms with Crippen LogP contribution in [0, 0.1) is 11.3 Å². The largest absolute Gasteiger partial charge is 0.416 e. The Bertz CT molecular complexity index is 541. The number of nitriles is 1. The lowest BCUT2D eigenvalue weighted by Crippen LogP contribution is -2.18. The molecule has 1 aromatic carbocycles. The lowest BCUT2D eigenvalue weighted by molar-refractivity contribution is -0.137. The summed E-state index contributed by atoms with van der Waals surface area (Å²) in [5.41, 5.74) is -0.783. The Balaban J connectivity index is 3.00. The van der Waals surface area contributed by atoms with Crippen LogP contribution in [0.4, 0.5) is 18.9 Å². The molecule has 1 aromatic rings. The third kappa shape index (κ3) is 5.65. The number of carbonyl (C=O) groups is 1. The average Bonchev–Trinajstić information content (AvgIpc) is 2.39. The van der Waals surface area contributed by atoms with E-state index in [0.717, 1.165) is 12.1 Å². The first-order chi connectivity index (χ1) is 9.88. The van der Waals surface area contributed by atoms with Crippen molar-refractivity contribution in [2.75, 3.05) is 24.8 Å². The van der Waals surface area contributed by atoms with E-state index in [1.807, 2.05) is 6.07 Å². The van der Waals surface area contributed by atoms with Crippen molar-refractivity contribution in [2.24, 2.45) is 0 Å². The SMILES string of the molecule is COCC(=O)Nc1cc(C(F)(F)F)ccc1SCCC#N. The van der Waals surface area contributed by atoms with Gasteiger partial charge in [-0.15, -0.1) is 11.8 Å². The predicted octanol–water partition coefficient (Wildman–Crippen LogP) is 3.30. The number of halogens is 3. The number of rotatable bonds is 6. The third-order valence-electron chi connectivity index (χ3n) is 2.33. The van der Waals surface area contributed by atoms with Gasteiger partial charge in [0.15, 0.2) is 0 Å². The summed E-state index contributed by atoms with van der Waals surface area (Å²) in [5, 5.41) is 10.9. The molecule has 1 amide bonds. The highest BCUT2D eigenvalue weighted by molar-refractivity contribution is 7.99. The molecule has 0 saturated heterocycles. The van der Waals surface area contributed by atoms with Gasteiger partial charge in [0.1, 0.15) is 6.61 Å². The molecule has 8 heteroatoms. The van der Waals surface area contributed by atoms with Crippen LogP contribution in [0.3, 0.4) is 0 Å². The number of thioether (sulfide) groups is 1. The Labute approximate surface area is 124 Å². The fraction of sp³-hybridized carbons (Fsp3) is 0.385. The van der Waals surface area contributed by atoms with E-state index in [1.165, 1.54) is 24.9 Å². The second-order valence-electron chi connectivity index (χ2n) is 3.95. The molecular weight excluding hydrogens is 305 g/mol. The van der Waals surface area contributed by atoms with Crippen LogP contribution in [0.2, 0.25) is 0 Å². The van der Waals surface area contributed by atoms with Crippen molar-refractivity contribution < 1.29 is 22.7 Å². The van der Waals surface area contributed by atoms with Crippen LogP contribution in [0.15, 0.2) is 23.1 Å². The molecule has 114 valence electrons. The quantitative estimate of drug-likeness (QED) is 0.646. The maximum Gasteiger partial charge on any atom is 0.416 e. The van der Waals surface area contributed by atoms with Gasteiger partial charge in [0.05, 0.1) is 17.3 Å². The Morgan fingerprint density at radius 3 is 2.76 bits per heavy atom. The first kappa shape index (κ1) is 17.3. The molecule has 1 rings (SSSR count). The highest BCUT2D eigenvalue weighted by Gasteiger charge is 2.31. The van der Waals surface area contributed by atoms with E-state index >= 15 is 0 Å². The number of anilines is 1. The van der Waals surface area contributed by atoms with Crippen LogP contribution in [0.1, 0.15) is 12.0 Å². The molecule has 0 heterocycles. The first-order valence-electron chi connectivity index (χ1n) is 5.88. The maximum atomic E-state index is 12.7. The number of alkyl halides is 3. The summed E-state index contributed by atoms with van der Waals surface area (Å²) in [6.07, 6.45) is -4.23. The van der Waals surface area contributed by atoms with Crippen molar-refractivity contribution in [2.45, 2.75) is 17.5 Å². The molecule has 0 aliphatic rings. The van der Waals surface area contributed by atoms with Crippen molar-refractivity contribution >= 4 is 23.4 Å². The highest BCUT2D eigenvalue weighted by atomic mass is 32.2. The summed E-state index contributed by atoms with van der Waals surface area (Å²) >= 11 is 1.21. The van der Waals surface area contributed by atoms with Crippen LogP contribution in [-0.2, 0) is 15.7 Å². The summed E-state index contributed by atoms with van der Waals surface area (Å²) in [4.78, 5) is 12.0. The minimum Gasteiger partial charge on any atom is -0.375 e. The number of nitrogens with zero attached hydrogens (tertiary/aromatic N) is 1. The van der Waals surface area contributed by atoms with Crippen molar-refractivity contribution in [3.05, 3.63) is 23.8 Å². The zero-order valence-corrected chi connectivity index (χ0v) is 12.0. The lowest BCUT2D eigenvalue weighted by Gasteiger charge is -2.14. The number of hydrogen-bond acceptors (Lipinski definition) is 4. The van der Waals surface area contributed by atoms with E-state index in [2.05, 4.69) is 10.1 Å². The van der Waals surface area contributed by atoms with Gasteiger partial charge in [-0.3, -0.25) is 4.79 Å².